The summed E-state index contributed by atoms with van der Waals surface area (Å²) in [5.41, 5.74) is 1.05. The molecule has 0 spiro atoms. The van der Waals surface area contributed by atoms with Gasteiger partial charge in [0, 0.05) is 6.61 Å². The summed E-state index contributed by atoms with van der Waals surface area (Å²) in [5, 5.41) is 9.58. The van der Waals surface area contributed by atoms with Gasteiger partial charge in [0.1, 0.15) is 6.10 Å². The van der Waals surface area contributed by atoms with Crippen molar-refractivity contribution in [2.75, 3.05) is 6.61 Å². The molecular formula is C9H16O2. The molecule has 0 saturated heterocycles. The van der Waals surface area contributed by atoms with Gasteiger partial charge in [-0.15, -0.1) is 0 Å². The number of aliphatic hydroxyl groups excluding tert-OH is 1. The van der Waals surface area contributed by atoms with E-state index >= 15 is 0 Å². The quantitative estimate of drug-likeness (QED) is 0.614. The zero-order chi connectivity index (χ0) is 8.27. The van der Waals surface area contributed by atoms with Gasteiger partial charge in [0.15, 0.2) is 0 Å². The van der Waals surface area contributed by atoms with Crippen LogP contribution in [-0.2, 0) is 4.74 Å². The number of rotatable bonds is 2. The molecule has 0 heterocycles. The van der Waals surface area contributed by atoms with E-state index in [1.54, 1.807) is 0 Å². The van der Waals surface area contributed by atoms with Crippen molar-refractivity contribution in [3.63, 3.8) is 0 Å². The first kappa shape index (κ1) is 8.75. The third kappa shape index (κ3) is 2.04. The molecule has 2 heteroatoms. The van der Waals surface area contributed by atoms with E-state index in [9.17, 15) is 5.11 Å². The number of aliphatic hydroxyl groups is 1. The van der Waals surface area contributed by atoms with E-state index in [0.29, 0.717) is 6.61 Å². The molecule has 0 aromatic rings. The summed E-state index contributed by atoms with van der Waals surface area (Å²) in [7, 11) is 0. The van der Waals surface area contributed by atoms with Crippen molar-refractivity contribution in [1.82, 2.24) is 0 Å². The highest BCUT2D eigenvalue weighted by atomic mass is 16.5. The minimum absolute atomic E-state index is 0.0324. The predicted octanol–water partition coefficient (Wildman–Crippen LogP) is 1.49. The first-order valence-electron chi connectivity index (χ1n) is 4.22. The summed E-state index contributed by atoms with van der Waals surface area (Å²) in [6, 6.07) is 0. The molecule has 1 N–H and O–H groups in total. The first-order chi connectivity index (χ1) is 5.25. The fourth-order valence-corrected chi connectivity index (χ4v) is 1.44. The van der Waals surface area contributed by atoms with Crippen LogP contribution in [-0.4, -0.2) is 23.9 Å². The van der Waals surface area contributed by atoms with Crippen LogP contribution in [0.15, 0.2) is 11.6 Å². The summed E-state index contributed by atoms with van der Waals surface area (Å²) in [5.74, 6) is 0. The Morgan fingerprint density at radius 2 is 2.45 bits per heavy atom. The Bertz CT molecular complexity index is 152. The van der Waals surface area contributed by atoms with E-state index in [1.165, 1.54) is 0 Å². The molecule has 1 unspecified atom stereocenters. The van der Waals surface area contributed by atoms with Gasteiger partial charge in [-0.25, -0.2) is 0 Å². The lowest BCUT2D eigenvalue weighted by Crippen LogP contribution is -2.32. The van der Waals surface area contributed by atoms with Gasteiger partial charge in [-0.1, -0.05) is 6.08 Å². The second-order valence-corrected chi connectivity index (χ2v) is 2.96. The van der Waals surface area contributed by atoms with Gasteiger partial charge in [-0.2, -0.15) is 0 Å². The monoisotopic (exact) mass is 156 g/mol. The highest BCUT2D eigenvalue weighted by molar-refractivity contribution is 5.10. The SMILES string of the molecule is CCO[C@H]1CCC=C(C)C1O. The largest absolute Gasteiger partial charge is 0.386 e. The van der Waals surface area contributed by atoms with Crippen LogP contribution >= 0.6 is 0 Å². The molecule has 1 aliphatic rings. The van der Waals surface area contributed by atoms with E-state index in [-0.39, 0.29) is 12.2 Å². The molecular weight excluding hydrogens is 140 g/mol. The highest BCUT2D eigenvalue weighted by Crippen LogP contribution is 2.20. The fraction of sp³-hybridized carbons (Fsp3) is 0.778. The Morgan fingerprint density at radius 3 is 3.09 bits per heavy atom. The van der Waals surface area contributed by atoms with Crippen molar-refractivity contribution in [3.05, 3.63) is 11.6 Å². The molecule has 0 radical (unpaired) electrons. The summed E-state index contributed by atoms with van der Waals surface area (Å²) in [6.07, 6.45) is 3.73. The average molecular weight is 156 g/mol. The van der Waals surface area contributed by atoms with Gasteiger partial charge in [0.25, 0.3) is 0 Å². The molecule has 1 aliphatic carbocycles. The lowest BCUT2D eigenvalue weighted by molar-refractivity contribution is -0.0245. The van der Waals surface area contributed by atoms with Crippen LogP contribution in [0.25, 0.3) is 0 Å². The molecule has 2 atom stereocenters. The van der Waals surface area contributed by atoms with Crippen molar-refractivity contribution < 1.29 is 9.84 Å². The summed E-state index contributed by atoms with van der Waals surface area (Å²) >= 11 is 0. The molecule has 0 saturated carbocycles. The van der Waals surface area contributed by atoms with Gasteiger partial charge >= 0.3 is 0 Å². The minimum atomic E-state index is -0.372. The Labute approximate surface area is 67.9 Å². The van der Waals surface area contributed by atoms with E-state index < -0.39 is 0 Å². The van der Waals surface area contributed by atoms with Gasteiger partial charge in [-0.05, 0) is 32.3 Å². The zero-order valence-electron chi connectivity index (χ0n) is 7.21. The third-order valence-corrected chi connectivity index (χ3v) is 2.12. The van der Waals surface area contributed by atoms with Crippen molar-refractivity contribution >= 4 is 0 Å². The zero-order valence-corrected chi connectivity index (χ0v) is 7.21. The molecule has 0 amide bonds. The normalized spacial score (nSPS) is 31.7. The Hall–Kier alpha value is -0.340. The molecule has 0 bridgehead atoms. The van der Waals surface area contributed by atoms with E-state index in [0.717, 1.165) is 18.4 Å². The van der Waals surface area contributed by atoms with Gasteiger partial charge in [0.05, 0.1) is 6.10 Å². The molecule has 1 rings (SSSR count). The third-order valence-electron chi connectivity index (χ3n) is 2.12. The topological polar surface area (TPSA) is 29.5 Å². The van der Waals surface area contributed by atoms with Crippen molar-refractivity contribution in [3.8, 4) is 0 Å². The first-order valence-corrected chi connectivity index (χ1v) is 4.22. The maximum absolute atomic E-state index is 9.58. The highest BCUT2D eigenvalue weighted by Gasteiger charge is 2.23. The van der Waals surface area contributed by atoms with Crippen LogP contribution in [0, 0.1) is 0 Å². The van der Waals surface area contributed by atoms with Crippen molar-refractivity contribution in [2.45, 2.75) is 38.9 Å². The number of ether oxygens (including phenoxy) is 1. The van der Waals surface area contributed by atoms with Crippen LogP contribution < -0.4 is 0 Å². The molecule has 0 aromatic heterocycles. The fourth-order valence-electron chi connectivity index (χ4n) is 1.44. The maximum atomic E-state index is 9.58. The molecule has 64 valence electrons. The lowest BCUT2D eigenvalue weighted by Gasteiger charge is -2.26. The van der Waals surface area contributed by atoms with Crippen LogP contribution in [0.5, 0.6) is 0 Å². The summed E-state index contributed by atoms with van der Waals surface area (Å²) in [4.78, 5) is 0. The average Bonchev–Trinajstić information content (AvgIpc) is 1.99. The summed E-state index contributed by atoms with van der Waals surface area (Å²) < 4.78 is 5.37. The number of hydrogen-bond donors (Lipinski definition) is 1. The van der Waals surface area contributed by atoms with Crippen LogP contribution in [0.4, 0.5) is 0 Å². The second kappa shape index (κ2) is 3.88. The Balaban J connectivity index is 2.50. The molecule has 0 aromatic carbocycles. The van der Waals surface area contributed by atoms with Crippen LogP contribution in [0.3, 0.4) is 0 Å². The number of hydrogen-bond acceptors (Lipinski definition) is 2. The lowest BCUT2D eigenvalue weighted by atomic mass is 9.95. The Kier molecular flexibility index (Phi) is 3.09. The second-order valence-electron chi connectivity index (χ2n) is 2.96. The van der Waals surface area contributed by atoms with Gasteiger partial charge in [0.2, 0.25) is 0 Å². The molecule has 0 fully saturated rings. The van der Waals surface area contributed by atoms with Crippen molar-refractivity contribution in [1.29, 1.82) is 0 Å². The number of allylic oxidation sites excluding steroid dienone is 1. The van der Waals surface area contributed by atoms with E-state index in [4.69, 9.17) is 4.74 Å². The summed E-state index contributed by atoms with van der Waals surface area (Å²) in [6.45, 7) is 4.60. The van der Waals surface area contributed by atoms with Crippen LogP contribution in [0.1, 0.15) is 26.7 Å². The van der Waals surface area contributed by atoms with Crippen LogP contribution in [0.2, 0.25) is 0 Å². The van der Waals surface area contributed by atoms with Gasteiger partial charge < -0.3 is 9.84 Å². The standard InChI is InChI=1S/C9H16O2/c1-3-11-8-6-4-5-7(2)9(8)10/h5,8-10H,3-4,6H2,1-2H3/t8-,9?/m0/s1. The van der Waals surface area contributed by atoms with E-state index in [2.05, 4.69) is 6.08 Å². The molecule has 0 aliphatic heterocycles. The Morgan fingerprint density at radius 1 is 1.73 bits per heavy atom. The molecule has 2 nitrogen and oxygen atoms in total. The minimum Gasteiger partial charge on any atom is -0.386 e. The van der Waals surface area contributed by atoms with Gasteiger partial charge in [-0.3, -0.25) is 0 Å². The smallest absolute Gasteiger partial charge is 0.101 e. The predicted molar refractivity (Wildman–Crippen MR) is 44.4 cm³/mol. The van der Waals surface area contributed by atoms with E-state index in [1.807, 2.05) is 13.8 Å². The van der Waals surface area contributed by atoms with Crippen molar-refractivity contribution in [2.24, 2.45) is 0 Å². The maximum Gasteiger partial charge on any atom is 0.101 e. The molecule has 11 heavy (non-hydrogen) atoms.